The van der Waals surface area contributed by atoms with E-state index in [0.717, 1.165) is 60.3 Å². The van der Waals surface area contributed by atoms with Gasteiger partial charge in [-0.1, -0.05) is 49.4 Å². The Bertz CT molecular complexity index is 1040. The van der Waals surface area contributed by atoms with Gasteiger partial charge in [0.25, 0.3) is 5.91 Å². The molecule has 2 heterocycles. The molecule has 2 atom stereocenters. The number of piperazine rings is 1. The van der Waals surface area contributed by atoms with Gasteiger partial charge in [0.1, 0.15) is 0 Å². The quantitative estimate of drug-likeness (QED) is 0.374. The number of rotatable bonds is 9. The van der Waals surface area contributed by atoms with E-state index in [1.807, 2.05) is 53.6 Å². The number of aromatic nitrogens is 1. The maximum Gasteiger partial charge on any atom is 0.254 e. The summed E-state index contributed by atoms with van der Waals surface area (Å²) in [5.41, 5.74) is 1.87. The van der Waals surface area contributed by atoms with Crippen molar-refractivity contribution in [3.05, 3.63) is 78.1 Å². The molecule has 5 nitrogen and oxygen atoms in total. The molecule has 0 bridgehead atoms. The molecule has 0 saturated carbocycles. The Hall–Kier alpha value is -2.41. The van der Waals surface area contributed by atoms with Gasteiger partial charge in [-0.15, -0.1) is 0 Å². The first-order valence-corrected chi connectivity index (χ1v) is 12.4. The largest absolute Gasteiger partial charge is 0.377 e. The molecule has 1 fully saturated rings. The topological polar surface area (TPSA) is 45.7 Å². The van der Waals surface area contributed by atoms with Gasteiger partial charge in [0.2, 0.25) is 0 Å². The number of ether oxygens (including phenoxy) is 1. The van der Waals surface area contributed by atoms with Gasteiger partial charge >= 0.3 is 0 Å². The second-order valence-corrected chi connectivity index (χ2v) is 9.28. The second kappa shape index (κ2) is 11.6. The first kappa shape index (κ1) is 23.7. The first-order valence-electron chi connectivity index (χ1n) is 11.7. The predicted molar refractivity (Wildman–Crippen MR) is 137 cm³/mol. The van der Waals surface area contributed by atoms with Gasteiger partial charge in [0.15, 0.2) is 0 Å². The van der Waals surface area contributed by atoms with Gasteiger partial charge in [0.05, 0.1) is 6.61 Å². The highest BCUT2D eigenvalue weighted by molar-refractivity contribution is 7.80. The van der Waals surface area contributed by atoms with Gasteiger partial charge in [-0.3, -0.25) is 14.7 Å². The number of hydrogen-bond acceptors (Lipinski definition) is 5. The maximum atomic E-state index is 13.5. The van der Waals surface area contributed by atoms with Crippen LogP contribution in [0.4, 0.5) is 0 Å². The number of benzene rings is 2. The minimum Gasteiger partial charge on any atom is -0.377 e. The Kier molecular flexibility index (Phi) is 8.37. The zero-order chi connectivity index (χ0) is 23.0. The summed E-state index contributed by atoms with van der Waals surface area (Å²) in [6.07, 6.45) is 4.50. The number of thiol groups is 1. The highest BCUT2D eigenvalue weighted by atomic mass is 32.1. The average molecular weight is 464 g/mol. The van der Waals surface area contributed by atoms with Crippen LogP contribution in [0, 0.1) is 5.92 Å². The molecule has 0 radical (unpaired) electrons. The van der Waals surface area contributed by atoms with E-state index in [1.54, 1.807) is 6.20 Å². The highest BCUT2D eigenvalue weighted by Crippen LogP contribution is 2.23. The molecule has 0 N–H and O–H groups in total. The molecule has 2 aromatic carbocycles. The molecular formula is C27H33N3O2S. The summed E-state index contributed by atoms with van der Waals surface area (Å²) in [4.78, 5) is 22.2. The lowest BCUT2D eigenvalue weighted by Crippen LogP contribution is -2.56. The van der Waals surface area contributed by atoms with Crippen molar-refractivity contribution in [2.75, 3.05) is 38.5 Å². The zero-order valence-corrected chi connectivity index (χ0v) is 20.2. The van der Waals surface area contributed by atoms with Crippen molar-refractivity contribution in [2.45, 2.75) is 26.0 Å². The molecule has 0 aliphatic carbocycles. The van der Waals surface area contributed by atoms with Crippen LogP contribution in [-0.2, 0) is 11.3 Å². The Morgan fingerprint density at radius 1 is 1.15 bits per heavy atom. The van der Waals surface area contributed by atoms with Gasteiger partial charge in [-0.05, 0) is 46.6 Å². The third-order valence-electron chi connectivity index (χ3n) is 6.36. The number of carbonyl (C=O) groups excluding carboxylic acids is 1. The molecule has 4 rings (SSSR count). The third-order valence-corrected chi connectivity index (χ3v) is 6.98. The van der Waals surface area contributed by atoms with Crippen LogP contribution in [0.5, 0.6) is 0 Å². The minimum absolute atomic E-state index is 0.120. The lowest BCUT2D eigenvalue weighted by atomic mass is 10.0. The van der Waals surface area contributed by atoms with Gasteiger partial charge < -0.3 is 9.64 Å². The van der Waals surface area contributed by atoms with Crippen molar-refractivity contribution < 1.29 is 9.53 Å². The highest BCUT2D eigenvalue weighted by Gasteiger charge is 2.30. The summed E-state index contributed by atoms with van der Waals surface area (Å²) < 4.78 is 5.95. The predicted octanol–water partition coefficient (Wildman–Crippen LogP) is 4.53. The molecule has 6 heteroatoms. The fraction of sp³-hybridized carbons (Fsp3) is 0.407. The van der Waals surface area contributed by atoms with Crippen LogP contribution in [-0.4, -0.2) is 65.3 Å². The first-order chi connectivity index (χ1) is 16.2. The van der Waals surface area contributed by atoms with E-state index >= 15 is 0 Å². The van der Waals surface area contributed by atoms with E-state index in [4.69, 9.17) is 4.74 Å². The molecule has 0 spiro atoms. The van der Waals surface area contributed by atoms with Crippen LogP contribution in [0.15, 0.2) is 67.0 Å². The monoisotopic (exact) mass is 463 g/mol. The molecule has 2 unspecified atom stereocenters. The van der Waals surface area contributed by atoms with Crippen LogP contribution in [0.2, 0.25) is 0 Å². The van der Waals surface area contributed by atoms with E-state index < -0.39 is 0 Å². The third kappa shape index (κ3) is 6.14. The fourth-order valence-electron chi connectivity index (χ4n) is 4.52. The Labute approximate surface area is 202 Å². The van der Waals surface area contributed by atoms with Crippen molar-refractivity contribution in [1.29, 1.82) is 0 Å². The molecule has 3 aromatic rings. The fourth-order valence-corrected chi connectivity index (χ4v) is 4.64. The number of nitrogens with zero attached hydrogens (tertiary/aromatic N) is 3. The summed E-state index contributed by atoms with van der Waals surface area (Å²) in [7, 11) is 0. The van der Waals surface area contributed by atoms with Crippen molar-refractivity contribution in [2.24, 2.45) is 5.92 Å². The van der Waals surface area contributed by atoms with E-state index in [9.17, 15) is 4.79 Å². The molecular weight excluding hydrogens is 430 g/mol. The normalized spacial score (nSPS) is 17.9. The lowest BCUT2D eigenvalue weighted by Gasteiger charge is -2.42. The Morgan fingerprint density at radius 3 is 2.82 bits per heavy atom. The van der Waals surface area contributed by atoms with Crippen molar-refractivity contribution >= 4 is 29.3 Å². The summed E-state index contributed by atoms with van der Waals surface area (Å²) in [5, 5.41) is 2.12. The second-order valence-electron chi connectivity index (χ2n) is 8.92. The molecule has 1 saturated heterocycles. The van der Waals surface area contributed by atoms with Crippen molar-refractivity contribution in [1.82, 2.24) is 14.8 Å². The summed E-state index contributed by atoms with van der Waals surface area (Å²) in [6, 6.07) is 18.3. The number of hydrogen-bond donors (Lipinski definition) is 1. The average Bonchev–Trinajstić information content (AvgIpc) is 2.87. The van der Waals surface area contributed by atoms with Crippen LogP contribution < -0.4 is 0 Å². The van der Waals surface area contributed by atoms with E-state index in [0.29, 0.717) is 19.1 Å². The molecule has 33 heavy (non-hydrogen) atoms. The summed E-state index contributed by atoms with van der Waals surface area (Å²) in [6.45, 7) is 6.78. The summed E-state index contributed by atoms with van der Waals surface area (Å²) >= 11 is 4.48. The van der Waals surface area contributed by atoms with Crippen molar-refractivity contribution in [3.8, 4) is 0 Å². The molecule has 1 amide bonds. The zero-order valence-electron chi connectivity index (χ0n) is 19.3. The lowest BCUT2D eigenvalue weighted by molar-refractivity contribution is 0.0293. The maximum absolute atomic E-state index is 13.5. The Balaban J connectivity index is 1.43. The van der Waals surface area contributed by atoms with Crippen LogP contribution >= 0.6 is 12.6 Å². The van der Waals surface area contributed by atoms with Crippen LogP contribution in [0.3, 0.4) is 0 Å². The van der Waals surface area contributed by atoms with E-state index in [1.165, 1.54) is 0 Å². The number of carbonyl (C=O) groups is 1. The standard InChI is InChI=1S/C27H33N3O2S/c1-21(20-33)17-29-13-14-30(18-24(29)11-15-32-19-22-6-5-12-28-16-22)27(31)26-10-4-8-23-7-2-3-9-25(23)26/h2-10,12,16,21,24,33H,11,13-15,17-20H2,1H3. The number of fused-ring (bicyclic) bond motifs is 1. The molecule has 1 aliphatic rings. The molecule has 1 aliphatic heterocycles. The molecule has 174 valence electrons. The SMILES string of the molecule is CC(CS)CN1CCN(C(=O)c2cccc3ccccc23)CC1CCOCc1cccnc1. The van der Waals surface area contributed by atoms with Crippen molar-refractivity contribution in [3.63, 3.8) is 0 Å². The van der Waals surface area contributed by atoms with Crippen LogP contribution in [0.1, 0.15) is 29.3 Å². The number of pyridine rings is 1. The van der Waals surface area contributed by atoms with Gasteiger partial charge in [0, 0.05) is 56.8 Å². The van der Waals surface area contributed by atoms with Crippen LogP contribution in [0.25, 0.3) is 10.8 Å². The Morgan fingerprint density at radius 2 is 2.00 bits per heavy atom. The van der Waals surface area contributed by atoms with E-state index in [-0.39, 0.29) is 11.9 Å². The summed E-state index contributed by atoms with van der Waals surface area (Å²) in [5.74, 6) is 1.49. The number of amides is 1. The van der Waals surface area contributed by atoms with Gasteiger partial charge in [-0.2, -0.15) is 12.6 Å². The van der Waals surface area contributed by atoms with E-state index in [2.05, 4.69) is 41.6 Å². The molecule has 1 aromatic heterocycles. The smallest absolute Gasteiger partial charge is 0.254 e. The van der Waals surface area contributed by atoms with Gasteiger partial charge in [-0.25, -0.2) is 0 Å². The minimum atomic E-state index is 0.120.